The SMILES string of the molecule is CCOc1nc(Cl)nc(Oc2cccc(N(C)C)c2)n1. The molecule has 0 amide bonds. The number of hydrogen-bond donors (Lipinski definition) is 0. The van der Waals surface area contributed by atoms with E-state index in [0.717, 1.165) is 5.69 Å². The van der Waals surface area contributed by atoms with Gasteiger partial charge < -0.3 is 14.4 Å². The first kappa shape index (κ1) is 14.3. The Morgan fingerprint density at radius 3 is 2.60 bits per heavy atom. The minimum atomic E-state index is 0.0298. The summed E-state index contributed by atoms with van der Waals surface area (Å²) in [5, 5.41) is 0.0298. The highest BCUT2D eigenvalue weighted by Crippen LogP contribution is 2.24. The number of rotatable bonds is 5. The number of hydrogen-bond acceptors (Lipinski definition) is 6. The Morgan fingerprint density at radius 1 is 1.15 bits per heavy atom. The third-order valence-corrected chi connectivity index (χ3v) is 2.55. The normalized spacial score (nSPS) is 10.2. The summed E-state index contributed by atoms with van der Waals surface area (Å²) < 4.78 is 10.8. The summed E-state index contributed by atoms with van der Waals surface area (Å²) in [6.45, 7) is 2.27. The second-order valence-corrected chi connectivity index (χ2v) is 4.43. The van der Waals surface area contributed by atoms with Crippen LogP contribution in [0, 0.1) is 0 Å². The molecule has 6 nitrogen and oxygen atoms in total. The largest absolute Gasteiger partial charge is 0.464 e. The van der Waals surface area contributed by atoms with Crippen molar-refractivity contribution in [1.29, 1.82) is 0 Å². The second-order valence-electron chi connectivity index (χ2n) is 4.10. The summed E-state index contributed by atoms with van der Waals surface area (Å²) in [7, 11) is 3.90. The number of benzene rings is 1. The lowest BCUT2D eigenvalue weighted by atomic mass is 10.3. The Labute approximate surface area is 122 Å². The van der Waals surface area contributed by atoms with E-state index < -0.39 is 0 Å². The van der Waals surface area contributed by atoms with Crippen LogP contribution in [0.3, 0.4) is 0 Å². The molecule has 0 fully saturated rings. The second kappa shape index (κ2) is 6.38. The van der Waals surface area contributed by atoms with Gasteiger partial charge in [-0.3, -0.25) is 0 Å². The maximum absolute atomic E-state index is 5.80. The molecule has 0 unspecified atom stereocenters. The van der Waals surface area contributed by atoms with E-state index >= 15 is 0 Å². The standard InChI is InChI=1S/C13H15ClN4O2/c1-4-19-12-15-11(14)16-13(17-12)20-10-7-5-6-9(8-10)18(2)3/h5-8H,4H2,1-3H3. The van der Waals surface area contributed by atoms with Crippen molar-refractivity contribution in [2.45, 2.75) is 6.92 Å². The van der Waals surface area contributed by atoms with Crippen molar-refractivity contribution in [3.05, 3.63) is 29.5 Å². The predicted molar refractivity (Wildman–Crippen MR) is 76.8 cm³/mol. The fourth-order valence-electron chi connectivity index (χ4n) is 1.48. The molecule has 0 saturated carbocycles. The Bertz CT molecular complexity index is 592. The first-order chi connectivity index (χ1) is 9.58. The molecule has 0 aliphatic rings. The van der Waals surface area contributed by atoms with Gasteiger partial charge in [0.1, 0.15) is 5.75 Å². The first-order valence-electron chi connectivity index (χ1n) is 6.08. The molecule has 0 atom stereocenters. The molecule has 0 aliphatic heterocycles. The molecule has 2 rings (SSSR count). The molecule has 1 heterocycles. The predicted octanol–water partition coefficient (Wildman–Crippen LogP) is 2.78. The number of ether oxygens (including phenoxy) is 2. The van der Waals surface area contributed by atoms with Gasteiger partial charge in [0.25, 0.3) is 0 Å². The van der Waals surface area contributed by atoms with Crippen LogP contribution in [0.15, 0.2) is 24.3 Å². The van der Waals surface area contributed by atoms with Crippen LogP contribution in [0.5, 0.6) is 17.8 Å². The molecule has 7 heteroatoms. The molecule has 0 bridgehead atoms. The summed E-state index contributed by atoms with van der Waals surface area (Å²) in [5.74, 6) is 0.612. The average molecular weight is 295 g/mol. The Hall–Kier alpha value is -2.08. The monoisotopic (exact) mass is 294 g/mol. The lowest BCUT2D eigenvalue weighted by Gasteiger charge is -2.13. The molecule has 0 radical (unpaired) electrons. The molecule has 1 aromatic carbocycles. The number of aromatic nitrogens is 3. The van der Waals surface area contributed by atoms with E-state index in [2.05, 4.69) is 15.0 Å². The van der Waals surface area contributed by atoms with Crippen molar-refractivity contribution in [2.75, 3.05) is 25.6 Å². The Kier molecular flexibility index (Phi) is 4.57. The minimum Gasteiger partial charge on any atom is -0.464 e. The lowest BCUT2D eigenvalue weighted by Crippen LogP contribution is -2.08. The zero-order valence-corrected chi connectivity index (χ0v) is 12.3. The highest BCUT2D eigenvalue weighted by molar-refractivity contribution is 6.28. The van der Waals surface area contributed by atoms with Gasteiger partial charge in [-0.05, 0) is 30.7 Å². The Balaban J connectivity index is 2.23. The summed E-state index contributed by atoms with van der Waals surface area (Å²) in [6, 6.07) is 7.79. The Morgan fingerprint density at radius 2 is 1.90 bits per heavy atom. The number of halogens is 1. The van der Waals surface area contributed by atoms with E-state index in [0.29, 0.717) is 12.4 Å². The van der Waals surface area contributed by atoms with E-state index in [9.17, 15) is 0 Å². The molecule has 1 aromatic heterocycles. The summed E-state index contributed by atoms with van der Waals surface area (Å²) in [5.41, 5.74) is 1.01. The highest BCUT2D eigenvalue weighted by Gasteiger charge is 2.08. The molecular formula is C13H15ClN4O2. The number of anilines is 1. The zero-order valence-electron chi connectivity index (χ0n) is 11.5. The fraction of sp³-hybridized carbons (Fsp3) is 0.308. The molecule has 0 saturated heterocycles. The summed E-state index contributed by atoms with van der Waals surface area (Å²) in [4.78, 5) is 13.8. The van der Waals surface area contributed by atoms with Gasteiger partial charge in [-0.15, -0.1) is 4.98 Å². The minimum absolute atomic E-state index is 0.0298. The molecule has 2 aromatic rings. The van der Waals surface area contributed by atoms with E-state index in [-0.39, 0.29) is 17.3 Å². The molecule has 20 heavy (non-hydrogen) atoms. The van der Waals surface area contributed by atoms with Crippen LogP contribution in [0.4, 0.5) is 5.69 Å². The highest BCUT2D eigenvalue weighted by atomic mass is 35.5. The van der Waals surface area contributed by atoms with Crippen molar-refractivity contribution >= 4 is 17.3 Å². The van der Waals surface area contributed by atoms with Crippen molar-refractivity contribution in [3.8, 4) is 17.8 Å². The van der Waals surface area contributed by atoms with Crippen molar-refractivity contribution in [1.82, 2.24) is 15.0 Å². The van der Waals surface area contributed by atoms with Gasteiger partial charge in [-0.25, -0.2) is 0 Å². The summed E-state index contributed by atoms with van der Waals surface area (Å²) in [6.07, 6.45) is 0. The molecule has 0 spiro atoms. The van der Waals surface area contributed by atoms with Gasteiger partial charge in [0.05, 0.1) is 6.61 Å². The van der Waals surface area contributed by atoms with Crippen LogP contribution in [0.1, 0.15) is 6.92 Å². The molecular weight excluding hydrogens is 280 g/mol. The smallest absolute Gasteiger partial charge is 0.329 e. The quantitative estimate of drug-likeness (QED) is 0.845. The van der Waals surface area contributed by atoms with Gasteiger partial charge in [-0.1, -0.05) is 6.07 Å². The molecule has 106 valence electrons. The lowest BCUT2D eigenvalue weighted by molar-refractivity contribution is 0.303. The number of nitrogens with zero attached hydrogens (tertiary/aromatic N) is 4. The average Bonchev–Trinajstić information content (AvgIpc) is 2.38. The third-order valence-electron chi connectivity index (χ3n) is 2.38. The van der Waals surface area contributed by atoms with Crippen molar-refractivity contribution < 1.29 is 9.47 Å². The fourth-order valence-corrected chi connectivity index (χ4v) is 1.63. The molecule has 0 aliphatic carbocycles. The van der Waals surface area contributed by atoms with Crippen molar-refractivity contribution in [2.24, 2.45) is 0 Å². The van der Waals surface area contributed by atoms with Gasteiger partial charge in [-0.2, -0.15) is 9.97 Å². The maximum Gasteiger partial charge on any atom is 0.329 e. The van der Waals surface area contributed by atoms with Gasteiger partial charge in [0, 0.05) is 25.8 Å². The first-order valence-corrected chi connectivity index (χ1v) is 6.46. The summed E-state index contributed by atoms with van der Waals surface area (Å²) >= 11 is 5.80. The van der Waals surface area contributed by atoms with Gasteiger partial charge in [0.15, 0.2) is 0 Å². The zero-order chi connectivity index (χ0) is 14.5. The van der Waals surface area contributed by atoms with Crippen LogP contribution < -0.4 is 14.4 Å². The van der Waals surface area contributed by atoms with E-state index in [1.807, 2.05) is 50.2 Å². The maximum atomic E-state index is 5.80. The van der Waals surface area contributed by atoms with E-state index in [1.54, 1.807) is 0 Å². The van der Waals surface area contributed by atoms with Crippen LogP contribution in [0.2, 0.25) is 5.28 Å². The van der Waals surface area contributed by atoms with Gasteiger partial charge >= 0.3 is 12.0 Å². The van der Waals surface area contributed by atoms with Crippen LogP contribution >= 0.6 is 11.6 Å². The van der Waals surface area contributed by atoms with Crippen LogP contribution in [-0.4, -0.2) is 35.7 Å². The molecule has 0 N–H and O–H groups in total. The van der Waals surface area contributed by atoms with Crippen LogP contribution in [0.25, 0.3) is 0 Å². The van der Waals surface area contributed by atoms with Gasteiger partial charge in [0.2, 0.25) is 5.28 Å². The third kappa shape index (κ3) is 3.71. The van der Waals surface area contributed by atoms with Crippen LogP contribution in [-0.2, 0) is 0 Å². The van der Waals surface area contributed by atoms with Crippen molar-refractivity contribution in [3.63, 3.8) is 0 Å². The van der Waals surface area contributed by atoms with E-state index in [4.69, 9.17) is 21.1 Å². The van der Waals surface area contributed by atoms with E-state index in [1.165, 1.54) is 0 Å². The topological polar surface area (TPSA) is 60.4 Å².